The Morgan fingerprint density at radius 2 is 1.45 bits per heavy atom. The molecule has 3 nitrogen and oxygen atoms in total. The van der Waals surface area contributed by atoms with E-state index >= 15 is 0 Å². The molecule has 3 heteroatoms. The molecule has 2 rings (SSSR count). The van der Waals surface area contributed by atoms with E-state index in [0.29, 0.717) is 12.5 Å². The maximum atomic E-state index is 10.6. The molecule has 2 aromatic rings. The van der Waals surface area contributed by atoms with Gasteiger partial charge in [0.1, 0.15) is 0 Å². The number of benzene rings is 2. The number of ether oxygens (including phenoxy) is 1. The molecule has 0 saturated heterocycles. The second-order valence-corrected chi connectivity index (χ2v) is 4.68. The average Bonchev–Trinajstić information content (AvgIpc) is 2.49. The van der Waals surface area contributed by atoms with Gasteiger partial charge in [-0.2, -0.15) is 0 Å². The number of carbonyl (C=O) groups is 1. The minimum atomic E-state index is -0.707. The zero-order chi connectivity index (χ0) is 14.2. The topological polar surface area (TPSA) is 52.3 Å². The van der Waals surface area contributed by atoms with Crippen molar-refractivity contribution in [3.63, 3.8) is 0 Å². The molecule has 0 aliphatic heterocycles. The lowest BCUT2D eigenvalue weighted by Gasteiger charge is -2.18. The van der Waals surface area contributed by atoms with Crippen molar-refractivity contribution in [3.8, 4) is 0 Å². The van der Waals surface area contributed by atoms with Gasteiger partial charge in [-0.15, -0.1) is 0 Å². The molecule has 0 saturated carbocycles. The molecule has 0 unspecified atom stereocenters. The zero-order valence-electron chi connectivity index (χ0n) is 11.4. The Balaban J connectivity index is 2.07. The first kappa shape index (κ1) is 14.1. The van der Waals surface area contributed by atoms with Gasteiger partial charge in [0, 0.05) is 5.92 Å². The van der Waals surface area contributed by atoms with Crippen LogP contribution in [0.15, 0.2) is 60.7 Å². The SMILES string of the molecule is NC(=O)OCCCC(c1ccccc1)c1ccccc1. The summed E-state index contributed by atoms with van der Waals surface area (Å²) in [6.45, 7) is 0.367. The van der Waals surface area contributed by atoms with E-state index in [1.807, 2.05) is 36.4 Å². The second kappa shape index (κ2) is 7.34. The number of hydrogen-bond donors (Lipinski definition) is 1. The lowest BCUT2D eigenvalue weighted by Crippen LogP contribution is -2.14. The van der Waals surface area contributed by atoms with Gasteiger partial charge in [-0.1, -0.05) is 60.7 Å². The van der Waals surface area contributed by atoms with Crippen LogP contribution in [-0.2, 0) is 4.74 Å². The van der Waals surface area contributed by atoms with Crippen molar-refractivity contribution in [1.29, 1.82) is 0 Å². The summed E-state index contributed by atoms with van der Waals surface area (Å²) in [5.41, 5.74) is 7.52. The Bertz CT molecular complexity index is 486. The molecule has 0 aliphatic carbocycles. The van der Waals surface area contributed by atoms with Gasteiger partial charge < -0.3 is 10.5 Å². The molecule has 0 aliphatic rings. The van der Waals surface area contributed by atoms with Crippen molar-refractivity contribution in [2.24, 2.45) is 5.73 Å². The minimum absolute atomic E-state index is 0.314. The summed E-state index contributed by atoms with van der Waals surface area (Å²) < 4.78 is 4.80. The molecule has 20 heavy (non-hydrogen) atoms. The maximum absolute atomic E-state index is 10.6. The van der Waals surface area contributed by atoms with E-state index in [2.05, 4.69) is 24.3 Å². The predicted octanol–water partition coefficient (Wildman–Crippen LogP) is 3.69. The fraction of sp³-hybridized carbons (Fsp3) is 0.235. The minimum Gasteiger partial charge on any atom is -0.450 e. The average molecular weight is 269 g/mol. The third kappa shape index (κ3) is 4.12. The fourth-order valence-corrected chi connectivity index (χ4v) is 2.36. The molecule has 0 spiro atoms. The third-order valence-corrected chi connectivity index (χ3v) is 3.29. The standard InChI is InChI=1S/C17H19NO2/c18-17(19)20-13-7-12-16(14-8-3-1-4-9-14)15-10-5-2-6-11-15/h1-6,8-11,16H,7,12-13H2,(H2,18,19). The Hall–Kier alpha value is -2.29. The highest BCUT2D eigenvalue weighted by molar-refractivity contribution is 5.64. The first-order valence-corrected chi connectivity index (χ1v) is 6.79. The van der Waals surface area contributed by atoms with Crippen LogP contribution in [0.5, 0.6) is 0 Å². The van der Waals surface area contributed by atoms with Crippen LogP contribution in [0.4, 0.5) is 4.79 Å². The summed E-state index contributed by atoms with van der Waals surface area (Å²) in [5.74, 6) is 0.314. The van der Waals surface area contributed by atoms with Crippen LogP contribution in [0.2, 0.25) is 0 Å². The largest absolute Gasteiger partial charge is 0.450 e. The van der Waals surface area contributed by atoms with Gasteiger partial charge in [0.15, 0.2) is 0 Å². The molecule has 0 radical (unpaired) electrons. The molecule has 0 fully saturated rings. The zero-order valence-corrected chi connectivity index (χ0v) is 11.4. The van der Waals surface area contributed by atoms with E-state index in [1.54, 1.807) is 0 Å². The Morgan fingerprint density at radius 3 is 1.90 bits per heavy atom. The summed E-state index contributed by atoms with van der Waals surface area (Å²) >= 11 is 0. The predicted molar refractivity (Wildman–Crippen MR) is 79.5 cm³/mol. The van der Waals surface area contributed by atoms with Crippen molar-refractivity contribution >= 4 is 6.09 Å². The van der Waals surface area contributed by atoms with Crippen molar-refractivity contribution < 1.29 is 9.53 Å². The quantitative estimate of drug-likeness (QED) is 0.813. The molecule has 0 bridgehead atoms. The van der Waals surface area contributed by atoms with Gasteiger partial charge in [-0.25, -0.2) is 4.79 Å². The lowest BCUT2D eigenvalue weighted by atomic mass is 9.88. The first-order valence-electron chi connectivity index (χ1n) is 6.79. The summed E-state index contributed by atoms with van der Waals surface area (Å²) in [4.78, 5) is 10.6. The van der Waals surface area contributed by atoms with E-state index in [1.165, 1.54) is 11.1 Å². The van der Waals surface area contributed by atoms with Crippen molar-refractivity contribution in [1.82, 2.24) is 0 Å². The molecule has 2 N–H and O–H groups in total. The lowest BCUT2D eigenvalue weighted by molar-refractivity contribution is 0.154. The third-order valence-electron chi connectivity index (χ3n) is 3.29. The van der Waals surface area contributed by atoms with Crippen LogP contribution in [0, 0.1) is 0 Å². The highest BCUT2D eigenvalue weighted by atomic mass is 16.5. The normalized spacial score (nSPS) is 10.4. The van der Waals surface area contributed by atoms with E-state index in [0.717, 1.165) is 12.8 Å². The van der Waals surface area contributed by atoms with E-state index in [4.69, 9.17) is 10.5 Å². The van der Waals surface area contributed by atoms with Crippen LogP contribution in [0.25, 0.3) is 0 Å². The molecule has 104 valence electrons. The molecule has 0 heterocycles. The fourth-order valence-electron chi connectivity index (χ4n) is 2.36. The van der Waals surface area contributed by atoms with Crippen LogP contribution in [0.1, 0.15) is 29.9 Å². The van der Waals surface area contributed by atoms with Gasteiger partial charge in [0.2, 0.25) is 0 Å². The molecule has 0 atom stereocenters. The molecular weight excluding hydrogens is 250 g/mol. The van der Waals surface area contributed by atoms with Crippen LogP contribution >= 0.6 is 0 Å². The summed E-state index contributed by atoms with van der Waals surface area (Å²) in [5, 5.41) is 0. The van der Waals surface area contributed by atoms with Gasteiger partial charge in [0.05, 0.1) is 6.61 Å². The Kier molecular flexibility index (Phi) is 5.18. The van der Waals surface area contributed by atoms with Gasteiger partial charge in [-0.05, 0) is 24.0 Å². The van der Waals surface area contributed by atoms with Crippen LogP contribution in [-0.4, -0.2) is 12.7 Å². The number of primary amides is 1. The summed E-state index contributed by atoms with van der Waals surface area (Å²) in [6.07, 6.45) is 1.000. The summed E-state index contributed by atoms with van der Waals surface area (Å²) in [6, 6.07) is 20.7. The highest BCUT2D eigenvalue weighted by Crippen LogP contribution is 2.28. The second-order valence-electron chi connectivity index (χ2n) is 4.68. The van der Waals surface area contributed by atoms with Crippen LogP contribution in [0.3, 0.4) is 0 Å². The van der Waals surface area contributed by atoms with E-state index < -0.39 is 6.09 Å². The number of hydrogen-bond acceptors (Lipinski definition) is 2. The van der Waals surface area contributed by atoms with Crippen molar-refractivity contribution in [2.75, 3.05) is 6.61 Å². The van der Waals surface area contributed by atoms with Gasteiger partial charge in [0.25, 0.3) is 0 Å². The van der Waals surface area contributed by atoms with E-state index in [-0.39, 0.29) is 0 Å². The molecule has 1 amide bonds. The van der Waals surface area contributed by atoms with Gasteiger partial charge >= 0.3 is 6.09 Å². The Morgan fingerprint density at radius 1 is 0.950 bits per heavy atom. The molecule has 0 aromatic heterocycles. The van der Waals surface area contributed by atoms with Gasteiger partial charge in [-0.3, -0.25) is 0 Å². The van der Waals surface area contributed by atoms with Crippen LogP contribution < -0.4 is 5.73 Å². The monoisotopic (exact) mass is 269 g/mol. The summed E-state index contributed by atoms with van der Waals surface area (Å²) in [7, 11) is 0. The number of amides is 1. The van der Waals surface area contributed by atoms with Crippen molar-refractivity contribution in [3.05, 3.63) is 71.8 Å². The smallest absolute Gasteiger partial charge is 0.404 e. The number of rotatable bonds is 6. The Labute approximate surface area is 119 Å². The molecular formula is C17H19NO2. The molecule has 2 aromatic carbocycles. The van der Waals surface area contributed by atoms with E-state index in [9.17, 15) is 4.79 Å². The number of carbonyl (C=O) groups excluding carboxylic acids is 1. The number of nitrogens with two attached hydrogens (primary N) is 1. The highest BCUT2D eigenvalue weighted by Gasteiger charge is 2.13. The maximum Gasteiger partial charge on any atom is 0.404 e. The first-order chi connectivity index (χ1) is 9.77. The van der Waals surface area contributed by atoms with Crippen molar-refractivity contribution in [2.45, 2.75) is 18.8 Å².